The van der Waals surface area contributed by atoms with Crippen LogP contribution in [0.3, 0.4) is 0 Å². The zero-order chi connectivity index (χ0) is 14.1. The minimum absolute atomic E-state index is 0.413. The van der Waals surface area contributed by atoms with Gasteiger partial charge in [-0.2, -0.15) is 0 Å². The number of aromatic amines is 1. The number of halogens is 1. The first-order valence-electron chi connectivity index (χ1n) is 6.00. The average Bonchev–Trinajstić information content (AvgIpc) is 2.84. The summed E-state index contributed by atoms with van der Waals surface area (Å²) in [6.45, 7) is 0. The van der Waals surface area contributed by atoms with Crippen LogP contribution in [0.1, 0.15) is 5.56 Å². The Bertz CT molecular complexity index is 800. The van der Waals surface area contributed by atoms with E-state index in [0.29, 0.717) is 16.6 Å². The predicted molar refractivity (Wildman–Crippen MR) is 84.8 cm³/mol. The summed E-state index contributed by atoms with van der Waals surface area (Å²) >= 11 is 3.46. The highest BCUT2D eigenvalue weighted by Gasteiger charge is 2.12. The predicted octanol–water partition coefficient (Wildman–Crippen LogP) is 3.22. The number of nitrogens with one attached hydrogen (secondary N) is 1. The van der Waals surface area contributed by atoms with Crippen LogP contribution in [0.25, 0.3) is 11.0 Å². The fourth-order valence-electron chi connectivity index (χ4n) is 1.94. The maximum Gasteiger partial charge on any atom is 0.197 e. The van der Waals surface area contributed by atoms with E-state index in [2.05, 4.69) is 25.9 Å². The summed E-state index contributed by atoms with van der Waals surface area (Å²) in [5.41, 5.74) is 8.95. The minimum atomic E-state index is -1.22. The van der Waals surface area contributed by atoms with Gasteiger partial charge in [0.05, 0.1) is 27.6 Å². The lowest BCUT2D eigenvalue weighted by atomic mass is 10.2. The Morgan fingerprint density at radius 2 is 2.05 bits per heavy atom. The van der Waals surface area contributed by atoms with Gasteiger partial charge in [0.15, 0.2) is 5.16 Å². The van der Waals surface area contributed by atoms with Gasteiger partial charge >= 0.3 is 0 Å². The van der Waals surface area contributed by atoms with Gasteiger partial charge in [0.2, 0.25) is 0 Å². The molecule has 1 unspecified atom stereocenters. The first-order chi connectivity index (χ1) is 9.63. The Balaban J connectivity index is 1.91. The molecule has 1 heterocycles. The lowest BCUT2D eigenvalue weighted by Crippen LogP contribution is -1.99. The van der Waals surface area contributed by atoms with Crippen molar-refractivity contribution in [3.05, 3.63) is 52.5 Å². The number of hydrogen-bond donors (Lipinski definition) is 2. The van der Waals surface area contributed by atoms with E-state index in [9.17, 15) is 4.21 Å². The van der Waals surface area contributed by atoms with Crippen LogP contribution in [-0.2, 0) is 16.6 Å². The van der Waals surface area contributed by atoms with Crippen molar-refractivity contribution in [3.8, 4) is 0 Å². The normalized spacial score (nSPS) is 12.7. The maximum atomic E-state index is 12.4. The van der Waals surface area contributed by atoms with Crippen LogP contribution in [0.2, 0.25) is 0 Å². The standard InChI is InChI=1S/C14H12BrN3OS/c15-11-4-2-1-3-9(11)8-20(19)14-17-12-6-5-10(16)7-13(12)18-14/h1-7H,8,16H2,(H,17,18). The van der Waals surface area contributed by atoms with Gasteiger partial charge in [0, 0.05) is 10.2 Å². The minimum Gasteiger partial charge on any atom is -0.399 e. The molecule has 1 aromatic heterocycles. The monoisotopic (exact) mass is 349 g/mol. The van der Waals surface area contributed by atoms with E-state index in [1.165, 1.54) is 0 Å². The highest BCUT2D eigenvalue weighted by Crippen LogP contribution is 2.21. The number of benzene rings is 2. The molecule has 3 aromatic rings. The second-order valence-electron chi connectivity index (χ2n) is 4.40. The van der Waals surface area contributed by atoms with Gasteiger partial charge in [0.1, 0.15) is 0 Å². The highest BCUT2D eigenvalue weighted by molar-refractivity contribution is 9.10. The van der Waals surface area contributed by atoms with Crippen molar-refractivity contribution in [1.82, 2.24) is 9.97 Å². The number of fused-ring (bicyclic) bond motifs is 1. The molecule has 0 aliphatic heterocycles. The summed E-state index contributed by atoms with van der Waals surface area (Å²) in [7, 11) is -1.22. The third kappa shape index (κ3) is 2.62. The molecule has 3 rings (SSSR count). The van der Waals surface area contributed by atoms with Crippen LogP contribution in [0.5, 0.6) is 0 Å². The van der Waals surface area contributed by atoms with Crippen LogP contribution in [0, 0.1) is 0 Å². The maximum absolute atomic E-state index is 12.4. The molecule has 1 atom stereocenters. The molecule has 0 bridgehead atoms. The number of nitrogens with two attached hydrogens (primary N) is 1. The zero-order valence-corrected chi connectivity index (χ0v) is 12.9. The third-order valence-corrected chi connectivity index (χ3v) is 4.92. The molecule has 0 spiro atoms. The van der Waals surface area contributed by atoms with Crippen LogP contribution in [0.15, 0.2) is 52.1 Å². The smallest absolute Gasteiger partial charge is 0.197 e. The average molecular weight is 350 g/mol. The molecule has 102 valence electrons. The quantitative estimate of drug-likeness (QED) is 0.713. The van der Waals surface area contributed by atoms with Gasteiger partial charge in [-0.05, 0) is 29.8 Å². The van der Waals surface area contributed by atoms with E-state index in [4.69, 9.17) is 5.73 Å². The molecular formula is C14H12BrN3OS. The molecule has 6 heteroatoms. The van der Waals surface area contributed by atoms with Crippen LogP contribution < -0.4 is 5.73 Å². The van der Waals surface area contributed by atoms with Crippen molar-refractivity contribution >= 4 is 43.5 Å². The van der Waals surface area contributed by atoms with Gasteiger partial charge in [-0.25, -0.2) is 4.98 Å². The summed E-state index contributed by atoms with van der Waals surface area (Å²) in [5, 5.41) is 0.473. The second kappa shape index (κ2) is 5.38. The number of anilines is 1. The van der Waals surface area contributed by atoms with Gasteiger partial charge in [-0.15, -0.1) is 0 Å². The van der Waals surface area contributed by atoms with Gasteiger partial charge in [-0.1, -0.05) is 34.1 Å². The summed E-state index contributed by atoms with van der Waals surface area (Å²) < 4.78 is 13.3. The van der Waals surface area contributed by atoms with Crippen molar-refractivity contribution in [2.45, 2.75) is 10.9 Å². The SMILES string of the molecule is Nc1ccc2nc(S(=O)Cc3ccccc3Br)[nH]c2c1. The number of nitrogens with zero attached hydrogens (tertiary/aromatic N) is 1. The summed E-state index contributed by atoms with van der Waals surface area (Å²) in [6.07, 6.45) is 0. The molecule has 0 saturated carbocycles. The number of imidazole rings is 1. The summed E-state index contributed by atoms with van der Waals surface area (Å²) in [5.74, 6) is 0.413. The fraction of sp³-hybridized carbons (Fsp3) is 0.0714. The first kappa shape index (κ1) is 13.3. The Labute approximate surface area is 127 Å². The Morgan fingerprint density at radius 3 is 2.85 bits per heavy atom. The molecule has 20 heavy (non-hydrogen) atoms. The highest BCUT2D eigenvalue weighted by atomic mass is 79.9. The van der Waals surface area contributed by atoms with E-state index >= 15 is 0 Å². The lowest BCUT2D eigenvalue weighted by Gasteiger charge is -2.02. The molecule has 3 N–H and O–H groups in total. The lowest BCUT2D eigenvalue weighted by molar-refractivity contribution is 0.677. The number of aromatic nitrogens is 2. The first-order valence-corrected chi connectivity index (χ1v) is 8.12. The molecule has 0 radical (unpaired) electrons. The van der Waals surface area contributed by atoms with Gasteiger partial charge in [-0.3, -0.25) is 4.21 Å². The Kier molecular flexibility index (Phi) is 3.58. The largest absolute Gasteiger partial charge is 0.399 e. The van der Waals surface area contributed by atoms with Gasteiger partial charge in [0.25, 0.3) is 0 Å². The summed E-state index contributed by atoms with van der Waals surface area (Å²) in [4.78, 5) is 7.42. The number of H-pyrrole nitrogens is 1. The number of hydrogen-bond acceptors (Lipinski definition) is 3. The van der Waals surface area contributed by atoms with Crippen molar-refractivity contribution in [2.75, 3.05) is 5.73 Å². The Hall–Kier alpha value is -1.66. The van der Waals surface area contributed by atoms with Crippen molar-refractivity contribution in [3.63, 3.8) is 0 Å². The van der Waals surface area contributed by atoms with E-state index in [1.807, 2.05) is 30.3 Å². The molecular weight excluding hydrogens is 338 g/mol. The molecule has 4 nitrogen and oxygen atoms in total. The van der Waals surface area contributed by atoms with Crippen LogP contribution in [0.4, 0.5) is 5.69 Å². The molecule has 2 aromatic carbocycles. The molecule has 0 aliphatic rings. The number of rotatable bonds is 3. The van der Waals surface area contributed by atoms with E-state index in [-0.39, 0.29) is 0 Å². The van der Waals surface area contributed by atoms with Crippen LogP contribution in [-0.4, -0.2) is 14.2 Å². The molecule has 0 saturated heterocycles. The second-order valence-corrected chi connectivity index (χ2v) is 6.62. The van der Waals surface area contributed by atoms with Crippen molar-refractivity contribution in [2.24, 2.45) is 0 Å². The Morgan fingerprint density at radius 1 is 1.25 bits per heavy atom. The van der Waals surface area contributed by atoms with E-state index < -0.39 is 10.8 Å². The summed E-state index contributed by atoms with van der Waals surface area (Å²) in [6, 6.07) is 13.1. The fourth-order valence-corrected chi connectivity index (χ4v) is 3.64. The van der Waals surface area contributed by atoms with Gasteiger partial charge < -0.3 is 10.7 Å². The topological polar surface area (TPSA) is 71.8 Å². The number of nitrogen functional groups attached to an aromatic ring is 1. The third-order valence-electron chi connectivity index (χ3n) is 2.94. The van der Waals surface area contributed by atoms with Crippen LogP contribution >= 0.6 is 15.9 Å². The van der Waals surface area contributed by atoms with E-state index in [0.717, 1.165) is 21.1 Å². The molecule has 0 amide bonds. The van der Waals surface area contributed by atoms with Crippen molar-refractivity contribution < 1.29 is 4.21 Å². The zero-order valence-electron chi connectivity index (χ0n) is 10.5. The van der Waals surface area contributed by atoms with E-state index in [1.54, 1.807) is 12.1 Å². The molecule has 0 aliphatic carbocycles. The van der Waals surface area contributed by atoms with Crippen molar-refractivity contribution in [1.29, 1.82) is 0 Å². The molecule has 0 fully saturated rings.